The standard InChI is InChI=1S/2C26H22ClN3O4S.C26H22FN3O4S.C26H23N3O4S/c1-17-14-20(30-16-34-12-13-35(30,32)33)7-8-21(17)26(31)29-19-6-9-24(27)23(15-19)25-22-5-3-2-4-18(22)10-11-28-25;2*1-17-6-7-19(14-23(17)25-21-5-3-2-4-18(21)10-11-28-25)29-26(31)22-9-8-20(15-24(22)27)30-16-34-12-13-35(30,32)33;1-18-6-9-21(16-24(18)25-23-5-3-2-4-19(23)12-13-27-25)28-26(30)20-7-10-22(11-8-20)29-17-33-14-15-34(29,31)32/h3*2-11,14-15H,12-13,16H2,1H3,(H,29,31);2-13,16H,14-15,17H2,1H3,(H,28,30). The molecule has 706 valence electrons. The molecule has 0 unspecified atom stereocenters. The number of anilines is 8. The van der Waals surface area contributed by atoms with Crippen molar-refractivity contribution < 1.29 is 76.2 Å². The number of hydrogen-bond acceptors (Lipinski definition) is 20. The van der Waals surface area contributed by atoms with Gasteiger partial charge in [0.15, 0.2) is 0 Å². The van der Waals surface area contributed by atoms with E-state index < -0.39 is 57.7 Å². The summed E-state index contributed by atoms with van der Waals surface area (Å²) >= 11 is 12.9. The number of aryl methyl sites for hydroxylation is 4. The van der Waals surface area contributed by atoms with Crippen molar-refractivity contribution in [2.75, 3.05) is 115 Å². The lowest BCUT2D eigenvalue weighted by Crippen LogP contribution is -2.41. The summed E-state index contributed by atoms with van der Waals surface area (Å²) in [5.74, 6) is -2.89. The molecule has 4 aliphatic heterocycles. The van der Waals surface area contributed by atoms with Gasteiger partial charge in [-0.15, -0.1) is 0 Å². The average Bonchev–Trinajstić information content (AvgIpc) is 0.793. The monoisotopic (exact) mass is 1980 g/mol. The highest BCUT2D eigenvalue weighted by Crippen LogP contribution is 2.40. The highest BCUT2D eigenvalue weighted by atomic mass is 35.5. The van der Waals surface area contributed by atoms with E-state index in [0.29, 0.717) is 67.1 Å². The van der Waals surface area contributed by atoms with Crippen molar-refractivity contribution in [1.29, 1.82) is 0 Å². The number of nitrogens with one attached hydrogen (secondary N) is 4. The van der Waals surface area contributed by atoms with E-state index >= 15 is 0 Å². The second-order valence-electron chi connectivity index (χ2n) is 32.8. The van der Waals surface area contributed by atoms with E-state index in [-0.39, 0.29) is 110 Å². The summed E-state index contributed by atoms with van der Waals surface area (Å²) in [7, 11) is -13.9. The molecule has 16 aromatic rings. The predicted octanol–water partition coefficient (Wildman–Crippen LogP) is 19.8. The highest BCUT2D eigenvalue weighted by molar-refractivity contribution is 7.93. The lowest BCUT2D eigenvalue weighted by atomic mass is 9.99. The smallest absolute Gasteiger partial charge is 0.258 e. The Labute approximate surface area is 811 Å². The lowest BCUT2D eigenvalue weighted by molar-refractivity contribution is 0.101. The quantitative estimate of drug-likeness (QED) is 0.0698. The Morgan fingerprint density at radius 1 is 0.302 bits per heavy atom. The second kappa shape index (κ2) is 41.4. The van der Waals surface area contributed by atoms with E-state index in [1.54, 1.807) is 105 Å². The molecule has 4 amide bonds. The first-order chi connectivity index (χ1) is 66.9. The number of ether oxygens (including phenoxy) is 4. The number of rotatable bonds is 16. The van der Waals surface area contributed by atoms with Crippen LogP contribution in [0.5, 0.6) is 0 Å². The fourth-order valence-corrected chi connectivity index (χ4v) is 21.6. The number of benzene rings is 12. The number of carbonyl (C=O) groups excluding carboxylic acids is 4. The molecule has 0 aliphatic carbocycles. The molecule has 0 saturated carbocycles. The van der Waals surface area contributed by atoms with Crippen molar-refractivity contribution >= 4 is 176 Å². The number of carbonyl (C=O) groups is 4. The molecule has 4 fully saturated rings. The van der Waals surface area contributed by atoms with Gasteiger partial charge in [0.25, 0.3) is 23.6 Å². The molecular weight excluding hydrogens is 1890 g/mol. The minimum atomic E-state index is -3.59. The van der Waals surface area contributed by atoms with Crippen LogP contribution in [0.3, 0.4) is 0 Å². The van der Waals surface area contributed by atoms with Crippen molar-refractivity contribution in [2.24, 2.45) is 0 Å². The molecular formula is C104H89Cl2FN12O16S4. The van der Waals surface area contributed by atoms with E-state index in [1.165, 1.54) is 32.9 Å². The summed E-state index contributed by atoms with van der Waals surface area (Å²) in [6, 6.07) is 81.3. The van der Waals surface area contributed by atoms with Gasteiger partial charge in [0.2, 0.25) is 40.1 Å². The maximum absolute atomic E-state index is 14.9. The summed E-state index contributed by atoms with van der Waals surface area (Å²) in [6.45, 7) is 8.01. The maximum Gasteiger partial charge on any atom is 0.258 e. The van der Waals surface area contributed by atoms with Gasteiger partial charge in [0, 0.05) is 102 Å². The van der Waals surface area contributed by atoms with Gasteiger partial charge in [-0.2, -0.15) is 0 Å². The number of sulfonamides is 4. The van der Waals surface area contributed by atoms with Crippen molar-refractivity contribution in [3.05, 3.63) is 358 Å². The van der Waals surface area contributed by atoms with E-state index in [2.05, 4.69) is 41.2 Å². The molecule has 28 nitrogen and oxygen atoms in total. The summed E-state index contributed by atoms with van der Waals surface area (Å²) in [5.41, 5.74) is 14.9. The number of aromatic nitrogens is 4. The van der Waals surface area contributed by atoms with E-state index in [4.69, 9.17) is 42.1 Å². The molecule has 20 rings (SSSR count). The predicted molar refractivity (Wildman–Crippen MR) is 544 cm³/mol. The number of amides is 4. The molecule has 139 heavy (non-hydrogen) atoms. The van der Waals surface area contributed by atoms with Crippen molar-refractivity contribution in [3.8, 4) is 45.0 Å². The van der Waals surface area contributed by atoms with Crippen LogP contribution in [0.4, 0.5) is 49.9 Å². The number of nitrogens with zero attached hydrogens (tertiary/aromatic N) is 8. The first-order valence-corrected chi connectivity index (χ1v) is 51.0. The van der Waals surface area contributed by atoms with E-state index in [1.807, 2.05) is 191 Å². The Morgan fingerprint density at radius 3 is 0.971 bits per heavy atom. The Balaban J connectivity index is 0.000000128. The lowest BCUT2D eigenvalue weighted by Gasteiger charge is -2.28. The SMILES string of the molecule is Cc1cc(N2COCCS2(=O)=O)ccc1C(=O)Nc1ccc(Cl)c(-c2nccc3ccccc23)c1.Cc1ccc(NC(=O)c2ccc(N3COCCS3(=O)=O)cc2)cc1-c1nccc2ccccc12.Cc1ccc(NC(=O)c2ccc(N3COCCS3(=O)=O)cc2Cl)cc1-c1nccc2ccccc12.Cc1ccc(NC(=O)c2ccc(N3COCCS3(=O)=O)cc2F)cc1-c1nccc2ccccc12. The Bertz CT molecular complexity index is 7440. The van der Waals surface area contributed by atoms with E-state index in [0.717, 1.165) is 114 Å². The number of fused-ring (bicyclic) bond motifs is 4. The fraction of sp³-hybridized carbons (Fsp3) is 0.154. The number of halogens is 3. The van der Waals surface area contributed by atoms with Crippen LogP contribution in [0, 0.1) is 33.5 Å². The topological polar surface area (TPSA) is 354 Å². The molecule has 8 heterocycles. The zero-order chi connectivity index (χ0) is 97.4. The molecule has 0 spiro atoms. The molecule has 0 radical (unpaired) electrons. The van der Waals surface area contributed by atoms with Crippen LogP contribution in [-0.2, 0) is 59.0 Å². The maximum atomic E-state index is 14.9. The zero-order valence-corrected chi connectivity index (χ0v) is 79.9. The normalized spacial score (nSPS) is 15.2. The van der Waals surface area contributed by atoms with Crippen LogP contribution in [-0.4, -0.2) is 154 Å². The van der Waals surface area contributed by atoms with E-state index in [9.17, 15) is 57.2 Å². The zero-order valence-electron chi connectivity index (χ0n) is 75.2. The van der Waals surface area contributed by atoms with Crippen LogP contribution in [0.2, 0.25) is 10.0 Å². The van der Waals surface area contributed by atoms with Crippen molar-refractivity contribution in [1.82, 2.24) is 19.9 Å². The summed E-state index contributed by atoms with van der Waals surface area (Å²) < 4.78 is 139. The van der Waals surface area contributed by atoms with Gasteiger partial charge in [-0.1, -0.05) is 138 Å². The largest absolute Gasteiger partial charge is 0.359 e. The minimum Gasteiger partial charge on any atom is -0.359 e. The van der Waals surface area contributed by atoms with Gasteiger partial charge >= 0.3 is 0 Å². The van der Waals surface area contributed by atoms with Crippen LogP contribution >= 0.6 is 23.2 Å². The molecule has 0 atom stereocenters. The van der Waals surface area contributed by atoms with Crippen LogP contribution in [0.25, 0.3) is 88.1 Å². The molecule has 0 bridgehead atoms. The third-order valence-corrected chi connectivity index (χ3v) is 31.0. The van der Waals surface area contributed by atoms with Gasteiger partial charge in [-0.05, 0) is 229 Å². The van der Waals surface area contributed by atoms with Crippen molar-refractivity contribution in [2.45, 2.75) is 27.7 Å². The Kier molecular flexibility index (Phi) is 28.7. The molecule has 12 aromatic carbocycles. The number of pyridine rings is 4. The van der Waals surface area contributed by atoms with Crippen LogP contribution < -0.4 is 38.5 Å². The van der Waals surface area contributed by atoms with Gasteiger partial charge in [0.1, 0.15) is 32.7 Å². The average molecular weight is 1980 g/mol. The van der Waals surface area contributed by atoms with Crippen molar-refractivity contribution in [3.63, 3.8) is 0 Å². The molecule has 4 aliphatic rings. The Hall–Kier alpha value is -14.5. The van der Waals surface area contributed by atoms with Gasteiger partial charge in [-0.25, -0.2) is 55.3 Å². The van der Waals surface area contributed by atoms with Gasteiger partial charge < -0.3 is 40.2 Å². The molecule has 4 N–H and O–H groups in total. The third-order valence-electron chi connectivity index (χ3n) is 23.7. The summed E-state index contributed by atoms with van der Waals surface area (Å²) in [6.07, 6.45) is 7.04. The summed E-state index contributed by atoms with van der Waals surface area (Å²) in [5, 5.41) is 20.4. The Morgan fingerprint density at radius 2 is 0.604 bits per heavy atom. The minimum absolute atomic E-state index is 0.0256. The fourth-order valence-electron chi connectivity index (χ4n) is 16.3. The van der Waals surface area contributed by atoms with Gasteiger partial charge in [-0.3, -0.25) is 39.1 Å². The second-order valence-corrected chi connectivity index (χ2v) is 41.7. The first-order valence-electron chi connectivity index (χ1n) is 43.8. The number of hydrogen-bond donors (Lipinski definition) is 4. The molecule has 4 aromatic heterocycles. The van der Waals surface area contributed by atoms with Gasteiger partial charge in [0.05, 0.1) is 116 Å². The highest BCUT2D eigenvalue weighted by Gasteiger charge is 2.33. The molecule has 4 saturated heterocycles. The van der Waals surface area contributed by atoms with Crippen LogP contribution in [0.15, 0.2) is 298 Å². The first kappa shape index (κ1) is 96.2. The van der Waals surface area contributed by atoms with Crippen LogP contribution in [0.1, 0.15) is 63.7 Å². The molecule has 35 heteroatoms. The summed E-state index contributed by atoms with van der Waals surface area (Å²) in [4.78, 5) is 70.2. The third kappa shape index (κ3) is 21.6.